The Labute approximate surface area is 183 Å². The number of amides is 1. The second-order valence-electron chi connectivity index (χ2n) is 9.54. The quantitative estimate of drug-likeness (QED) is 0.247. The van der Waals surface area contributed by atoms with Crippen molar-refractivity contribution in [1.29, 1.82) is 0 Å². The van der Waals surface area contributed by atoms with E-state index in [2.05, 4.69) is 26.3 Å². The number of esters is 1. The predicted octanol–water partition coefficient (Wildman–Crippen LogP) is 4.62. The van der Waals surface area contributed by atoms with Crippen molar-refractivity contribution in [3.63, 3.8) is 0 Å². The van der Waals surface area contributed by atoms with E-state index in [9.17, 15) is 9.59 Å². The summed E-state index contributed by atoms with van der Waals surface area (Å²) in [6, 6.07) is 8.93. The van der Waals surface area contributed by atoms with Gasteiger partial charge in [0.15, 0.2) is 0 Å². The summed E-state index contributed by atoms with van der Waals surface area (Å²) in [6.45, 7) is 10.6. The Hall–Kier alpha value is -2.14. The van der Waals surface area contributed by atoms with Gasteiger partial charge in [-0.3, -0.25) is 9.28 Å². The SMILES string of the molecule is CCCCCC[N+](C)(C)/C(C)=C/C(=O)N[C@@H](Cc1ccccc1)C(=O)OC(C)(C)C. The molecular weight excluding hydrogens is 376 g/mol. The number of rotatable bonds is 11. The Morgan fingerprint density at radius 3 is 2.30 bits per heavy atom. The molecular formula is C25H41N2O3+. The van der Waals surface area contributed by atoms with Gasteiger partial charge in [-0.25, -0.2) is 4.79 Å². The van der Waals surface area contributed by atoms with Crippen molar-refractivity contribution in [1.82, 2.24) is 5.32 Å². The number of ether oxygens (including phenoxy) is 1. The highest BCUT2D eigenvalue weighted by atomic mass is 16.6. The van der Waals surface area contributed by atoms with Gasteiger partial charge in [0, 0.05) is 13.3 Å². The fourth-order valence-electron chi connectivity index (χ4n) is 3.10. The number of unbranched alkanes of at least 4 members (excludes halogenated alkanes) is 3. The van der Waals surface area contributed by atoms with Gasteiger partial charge in [-0.05, 0) is 39.2 Å². The molecule has 0 aliphatic carbocycles. The molecule has 168 valence electrons. The summed E-state index contributed by atoms with van der Waals surface area (Å²) in [7, 11) is 4.22. The molecule has 1 N–H and O–H groups in total. The number of hydrogen-bond acceptors (Lipinski definition) is 3. The number of benzene rings is 1. The van der Waals surface area contributed by atoms with E-state index < -0.39 is 17.6 Å². The van der Waals surface area contributed by atoms with Gasteiger partial charge < -0.3 is 10.1 Å². The lowest BCUT2D eigenvalue weighted by Gasteiger charge is -2.30. The van der Waals surface area contributed by atoms with E-state index in [-0.39, 0.29) is 5.91 Å². The first-order valence-corrected chi connectivity index (χ1v) is 11.0. The lowest BCUT2D eigenvalue weighted by atomic mass is 10.1. The summed E-state index contributed by atoms with van der Waals surface area (Å²) in [5.41, 5.74) is 1.33. The number of allylic oxidation sites excluding steroid dienone is 1. The third-order valence-electron chi connectivity index (χ3n) is 5.16. The Bertz CT molecular complexity index is 703. The third kappa shape index (κ3) is 10.1. The normalized spacial score (nSPS) is 13.6. The minimum atomic E-state index is -0.733. The fourth-order valence-corrected chi connectivity index (χ4v) is 3.10. The van der Waals surface area contributed by atoms with Gasteiger partial charge in [0.1, 0.15) is 17.3 Å². The van der Waals surface area contributed by atoms with E-state index in [1.165, 1.54) is 19.3 Å². The van der Waals surface area contributed by atoms with Gasteiger partial charge in [0.05, 0.1) is 26.7 Å². The highest BCUT2D eigenvalue weighted by Crippen LogP contribution is 2.15. The Balaban J connectivity index is 2.86. The van der Waals surface area contributed by atoms with E-state index >= 15 is 0 Å². The molecule has 1 aromatic rings. The molecule has 0 aromatic heterocycles. The molecule has 0 saturated carbocycles. The Kier molecular flexibility index (Phi) is 10.3. The summed E-state index contributed by atoms with van der Waals surface area (Å²) in [5.74, 6) is -0.682. The van der Waals surface area contributed by atoms with E-state index in [0.29, 0.717) is 10.9 Å². The monoisotopic (exact) mass is 417 g/mol. The van der Waals surface area contributed by atoms with Gasteiger partial charge in [-0.1, -0.05) is 50.1 Å². The average molecular weight is 418 g/mol. The topological polar surface area (TPSA) is 55.4 Å². The van der Waals surface area contributed by atoms with E-state index in [1.54, 1.807) is 6.08 Å². The zero-order valence-electron chi connectivity index (χ0n) is 20.0. The van der Waals surface area contributed by atoms with Gasteiger partial charge in [0.2, 0.25) is 5.91 Å². The van der Waals surface area contributed by atoms with E-state index in [4.69, 9.17) is 4.74 Å². The highest BCUT2D eigenvalue weighted by Gasteiger charge is 2.27. The number of carbonyl (C=O) groups is 2. The van der Waals surface area contributed by atoms with Crippen molar-refractivity contribution in [3.8, 4) is 0 Å². The molecule has 0 saturated heterocycles. The van der Waals surface area contributed by atoms with Crippen LogP contribution in [0.15, 0.2) is 42.1 Å². The second-order valence-corrected chi connectivity index (χ2v) is 9.54. The van der Waals surface area contributed by atoms with Crippen LogP contribution in [0.1, 0.15) is 65.9 Å². The molecule has 1 amide bonds. The molecule has 1 aromatic carbocycles. The van der Waals surface area contributed by atoms with Crippen LogP contribution < -0.4 is 5.32 Å². The Morgan fingerprint density at radius 1 is 1.10 bits per heavy atom. The van der Waals surface area contributed by atoms with Crippen molar-refractivity contribution in [2.75, 3.05) is 20.6 Å². The first-order valence-electron chi connectivity index (χ1n) is 11.0. The highest BCUT2D eigenvalue weighted by molar-refractivity contribution is 5.91. The molecule has 0 radical (unpaired) electrons. The molecule has 0 heterocycles. The van der Waals surface area contributed by atoms with Crippen LogP contribution in [-0.4, -0.2) is 48.6 Å². The maximum absolute atomic E-state index is 12.7. The summed E-state index contributed by atoms with van der Waals surface area (Å²) >= 11 is 0. The van der Waals surface area contributed by atoms with Crippen LogP contribution in [0.4, 0.5) is 0 Å². The zero-order chi connectivity index (χ0) is 22.8. The van der Waals surface area contributed by atoms with Crippen molar-refractivity contribution in [2.45, 2.75) is 78.4 Å². The average Bonchev–Trinajstić information content (AvgIpc) is 2.64. The fraction of sp³-hybridized carbons (Fsp3) is 0.600. The molecule has 1 atom stereocenters. The van der Waals surface area contributed by atoms with Crippen LogP contribution in [0, 0.1) is 0 Å². The number of quaternary nitrogens is 1. The number of hydrogen-bond donors (Lipinski definition) is 1. The molecule has 0 fully saturated rings. The molecule has 0 spiro atoms. The van der Waals surface area contributed by atoms with Crippen molar-refractivity contribution in [3.05, 3.63) is 47.7 Å². The molecule has 0 aliphatic heterocycles. The number of nitrogens with zero attached hydrogens (tertiary/aromatic N) is 1. The molecule has 5 nitrogen and oxygen atoms in total. The maximum atomic E-state index is 12.7. The van der Waals surface area contributed by atoms with Gasteiger partial charge >= 0.3 is 5.97 Å². The van der Waals surface area contributed by atoms with Crippen LogP contribution in [0.5, 0.6) is 0 Å². The zero-order valence-corrected chi connectivity index (χ0v) is 20.0. The molecule has 5 heteroatoms. The van der Waals surface area contributed by atoms with Crippen molar-refractivity contribution >= 4 is 11.9 Å². The predicted molar refractivity (Wildman–Crippen MR) is 123 cm³/mol. The van der Waals surface area contributed by atoms with Gasteiger partial charge in [-0.2, -0.15) is 0 Å². The molecule has 0 aliphatic rings. The summed E-state index contributed by atoms with van der Waals surface area (Å²) in [6.07, 6.45) is 6.78. The summed E-state index contributed by atoms with van der Waals surface area (Å²) in [4.78, 5) is 25.5. The first-order chi connectivity index (χ1) is 13.9. The maximum Gasteiger partial charge on any atom is 0.329 e. The Morgan fingerprint density at radius 2 is 1.73 bits per heavy atom. The summed E-state index contributed by atoms with van der Waals surface area (Å²) in [5, 5.41) is 2.87. The lowest BCUT2D eigenvalue weighted by molar-refractivity contribution is -0.852. The molecule has 30 heavy (non-hydrogen) atoms. The van der Waals surface area contributed by atoms with Crippen LogP contribution in [-0.2, 0) is 20.7 Å². The van der Waals surface area contributed by atoms with Crippen LogP contribution in [0.25, 0.3) is 0 Å². The van der Waals surface area contributed by atoms with Gasteiger partial charge in [0.25, 0.3) is 0 Å². The largest absolute Gasteiger partial charge is 0.458 e. The summed E-state index contributed by atoms with van der Waals surface area (Å²) < 4.78 is 6.20. The van der Waals surface area contributed by atoms with Gasteiger partial charge in [-0.15, -0.1) is 0 Å². The lowest BCUT2D eigenvalue weighted by Crippen LogP contribution is -2.46. The van der Waals surface area contributed by atoms with Crippen LogP contribution >= 0.6 is 0 Å². The van der Waals surface area contributed by atoms with E-state index in [0.717, 1.165) is 24.2 Å². The van der Waals surface area contributed by atoms with Crippen LogP contribution in [0.3, 0.4) is 0 Å². The number of nitrogens with one attached hydrogen (secondary N) is 1. The molecule has 1 rings (SSSR count). The van der Waals surface area contributed by atoms with Crippen LogP contribution in [0.2, 0.25) is 0 Å². The standard InChI is InChI=1S/C25H40N2O3/c1-8-9-10-14-17-27(6,7)20(2)18-23(28)26-22(24(29)30-25(3,4)5)19-21-15-12-11-13-16-21/h11-13,15-16,18,22H,8-10,14,17,19H2,1-7H3/p+1/b20-18+/t22-/m0/s1. The van der Waals surface area contributed by atoms with E-state index in [1.807, 2.05) is 58.0 Å². The number of carbonyl (C=O) groups excluding carboxylic acids is 2. The first kappa shape index (κ1) is 25.9. The van der Waals surface area contributed by atoms with Crippen molar-refractivity contribution in [2.24, 2.45) is 0 Å². The minimum absolute atomic E-state index is 0.265. The third-order valence-corrected chi connectivity index (χ3v) is 5.16. The molecule has 0 bridgehead atoms. The smallest absolute Gasteiger partial charge is 0.329 e. The molecule has 0 unspecified atom stereocenters. The van der Waals surface area contributed by atoms with Crippen molar-refractivity contribution < 1.29 is 18.8 Å². The second kappa shape index (κ2) is 11.9. The minimum Gasteiger partial charge on any atom is -0.458 e.